The highest BCUT2D eigenvalue weighted by atomic mass is 14.6. The SMILES string of the molecule is CC(C)(C)c1cccc([NH])c1C(C)(C)C. The van der Waals surface area contributed by atoms with Crippen LogP contribution in [0.15, 0.2) is 18.2 Å². The van der Waals surface area contributed by atoms with E-state index in [1.54, 1.807) is 0 Å². The fourth-order valence-electron chi connectivity index (χ4n) is 1.99. The van der Waals surface area contributed by atoms with Gasteiger partial charge in [0.1, 0.15) is 0 Å². The van der Waals surface area contributed by atoms with Crippen LogP contribution < -0.4 is 5.73 Å². The third kappa shape index (κ3) is 2.53. The first-order valence-electron chi connectivity index (χ1n) is 5.49. The first kappa shape index (κ1) is 12.1. The van der Waals surface area contributed by atoms with Gasteiger partial charge in [0.15, 0.2) is 0 Å². The van der Waals surface area contributed by atoms with Crippen LogP contribution in [0.5, 0.6) is 0 Å². The molecule has 0 unspecified atom stereocenters. The summed E-state index contributed by atoms with van der Waals surface area (Å²) in [5.74, 6) is 0. The van der Waals surface area contributed by atoms with Crippen LogP contribution in [0.1, 0.15) is 52.7 Å². The van der Waals surface area contributed by atoms with Crippen molar-refractivity contribution in [2.45, 2.75) is 52.4 Å². The molecule has 1 aromatic carbocycles. The summed E-state index contributed by atoms with van der Waals surface area (Å²) in [6.45, 7) is 13.1. The van der Waals surface area contributed by atoms with E-state index in [1.165, 1.54) is 11.1 Å². The van der Waals surface area contributed by atoms with Gasteiger partial charge in [-0.3, -0.25) is 0 Å². The van der Waals surface area contributed by atoms with Crippen LogP contribution in [-0.2, 0) is 10.8 Å². The predicted octanol–water partition coefficient (Wildman–Crippen LogP) is 4.20. The Hall–Kier alpha value is -0.980. The Morgan fingerprint density at radius 3 is 1.73 bits per heavy atom. The van der Waals surface area contributed by atoms with Crippen molar-refractivity contribution in [3.05, 3.63) is 29.3 Å². The van der Waals surface area contributed by atoms with E-state index in [9.17, 15) is 0 Å². The lowest BCUT2D eigenvalue weighted by Gasteiger charge is -2.30. The van der Waals surface area contributed by atoms with E-state index < -0.39 is 0 Å². The van der Waals surface area contributed by atoms with Crippen molar-refractivity contribution < 1.29 is 0 Å². The van der Waals surface area contributed by atoms with Crippen LogP contribution in [0, 0.1) is 0 Å². The predicted molar refractivity (Wildman–Crippen MR) is 66.6 cm³/mol. The van der Waals surface area contributed by atoms with Crippen LogP contribution in [0.4, 0.5) is 5.69 Å². The topological polar surface area (TPSA) is 23.8 Å². The van der Waals surface area contributed by atoms with E-state index in [-0.39, 0.29) is 10.8 Å². The third-order valence-electron chi connectivity index (χ3n) is 2.62. The quantitative estimate of drug-likeness (QED) is 0.605. The third-order valence-corrected chi connectivity index (χ3v) is 2.62. The van der Waals surface area contributed by atoms with Crippen molar-refractivity contribution in [2.24, 2.45) is 0 Å². The molecule has 1 aromatic rings. The standard InChI is InChI=1S/C14H22N/c1-13(2,3)10-8-7-9-11(15)12(10)14(4,5)6/h7-9,15H,1-6H3. The van der Waals surface area contributed by atoms with Crippen molar-refractivity contribution >= 4 is 5.69 Å². The second-order valence-corrected chi connectivity index (χ2v) is 6.23. The summed E-state index contributed by atoms with van der Waals surface area (Å²) in [5.41, 5.74) is 11.3. The Labute approximate surface area is 93.7 Å². The Morgan fingerprint density at radius 1 is 0.867 bits per heavy atom. The maximum Gasteiger partial charge on any atom is 0.0580 e. The normalized spacial score (nSPS) is 12.9. The van der Waals surface area contributed by atoms with Gasteiger partial charge < -0.3 is 5.73 Å². The smallest absolute Gasteiger partial charge is 0.0580 e. The molecule has 0 fully saturated rings. The summed E-state index contributed by atoms with van der Waals surface area (Å²) in [4.78, 5) is 0. The van der Waals surface area contributed by atoms with Crippen molar-refractivity contribution in [1.29, 1.82) is 0 Å². The second-order valence-electron chi connectivity index (χ2n) is 6.23. The molecule has 1 N–H and O–H groups in total. The number of nitrogens with one attached hydrogen (secondary N) is 1. The zero-order valence-corrected chi connectivity index (χ0v) is 10.7. The second kappa shape index (κ2) is 3.55. The number of rotatable bonds is 0. The first-order valence-corrected chi connectivity index (χ1v) is 5.49. The van der Waals surface area contributed by atoms with Crippen molar-refractivity contribution in [3.8, 4) is 0 Å². The van der Waals surface area contributed by atoms with Gasteiger partial charge in [0, 0.05) is 0 Å². The molecule has 0 amide bonds. The summed E-state index contributed by atoms with van der Waals surface area (Å²) in [6.07, 6.45) is 0. The van der Waals surface area contributed by atoms with Gasteiger partial charge in [0.2, 0.25) is 0 Å². The number of benzene rings is 1. The fourth-order valence-corrected chi connectivity index (χ4v) is 1.99. The molecule has 15 heavy (non-hydrogen) atoms. The molecule has 0 spiro atoms. The summed E-state index contributed by atoms with van der Waals surface area (Å²) < 4.78 is 0. The van der Waals surface area contributed by atoms with E-state index in [1.807, 2.05) is 12.1 Å². The first-order chi connectivity index (χ1) is 6.64. The Balaban J connectivity index is 3.48. The highest BCUT2D eigenvalue weighted by Crippen LogP contribution is 2.37. The molecule has 0 bridgehead atoms. The van der Waals surface area contributed by atoms with E-state index >= 15 is 0 Å². The summed E-state index contributed by atoms with van der Waals surface area (Å²) in [6, 6.07) is 6.02. The Kier molecular flexibility index (Phi) is 2.86. The highest BCUT2D eigenvalue weighted by Gasteiger charge is 2.26. The highest BCUT2D eigenvalue weighted by molar-refractivity contribution is 5.53. The van der Waals surface area contributed by atoms with Gasteiger partial charge in [-0.05, 0) is 28.0 Å². The van der Waals surface area contributed by atoms with E-state index in [4.69, 9.17) is 5.73 Å². The lowest BCUT2D eigenvalue weighted by Crippen LogP contribution is -2.22. The van der Waals surface area contributed by atoms with Gasteiger partial charge in [-0.2, -0.15) is 0 Å². The molecule has 0 saturated carbocycles. The Bertz CT molecular complexity index is 351. The molecular formula is C14H22N. The molecule has 1 nitrogen and oxygen atoms in total. The average Bonchev–Trinajstić information content (AvgIpc) is 1.99. The largest absolute Gasteiger partial charge is 0.301 e. The molecule has 0 saturated heterocycles. The van der Waals surface area contributed by atoms with Gasteiger partial charge in [-0.15, -0.1) is 0 Å². The number of hydrogen-bond acceptors (Lipinski definition) is 0. The molecule has 0 heterocycles. The van der Waals surface area contributed by atoms with Crippen molar-refractivity contribution in [1.82, 2.24) is 5.73 Å². The molecule has 0 aliphatic rings. The van der Waals surface area contributed by atoms with E-state index in [0.29, 0.717) is 5.69 Å². The van der Waals surface area contributed by atoms with E-state index in [2.05, 4.69) is 47.6 Å². The van der Waals surface area contributed by atoms with Crippen LogP contribution in [0.2, 0.25) is 0 Å². The number of hydrogen-bond donors (Lipinski definition) is 0. The van der Waals surface area contributed by atoms with Gasteiger partial charge >= 0.3 is 0 Å². The molecule has 0 aliphatic carbocycles. The van der Waals surface area contributed by atoms with Gasteiger partial charge in [-0.1, -0.05) is 53.7 Å². The molecule has 0 aliphatic heterocycles. The minimum atomic E-state index is 0.0426. The molecule has 1 rings (SSSR count). The summed E-state index contributed by atoms with van der Waals surface area (Å²) in [7, 11) is 0. The molecule has 0 aromatic heterocycles. The van der Waals surface area contributed by atoms with Crippen LogP contribution in [-0.4, -0.2) is 0 Å². The maximum atomic E-state index is 8.05. The monoisotopic (exact) mass is 204 g/mol. The minimum Gasteiger partial charge on any atom is -0.301 e. The lowest BCUT2D eigenvalue weighted by molar-refractivity contribution is 0.531. The van der Waals surface area contributed by atoms with Crippen molar-refractivity contribution in [3.63, 3.8) is 0 Å². The summed E-state index contributed by atoms with van der Waals surface area (Å²) >= 11 is 0. The summed E-state index contributed by atoms with van der Waals surface area (Å²) in [5, 5.41) is 0. The fraction of sp³-hybridized carbons (Fsp3) is 0.571. The molecule has 1 heteroatoms. The lowest BCUT2D eigenvalue weighted by atomic mass is 9.74. The van der Waals surface area contributed by atoms with Crippen LogP contribution in [0.25, 0.3) is 0 Å². The van der Waals surface area contributed by atoms with E-state index in [0.717, 1.165) is 0 Å². The van der Waals surface area contributed by atoms with Gasteiger partial charge in [0.25, 0.3) is 0 Å². The molecular weight excluding hydrogens is 182 g/mol. The van der Waals surface area contributed by atoms with Crippen molar-refractivity contribution in [2.75, 3.05) is 0 Å². The minimum absolute atomic E-state index is 0.0426. The zero-order chi connectivity index (χ0) is 11.9. The molecule has 1 radical (unpaired) electrons. The molecule has 0 atom stereocenters. The average molecular weight is 204 g/mol. The Morgan fingerprint density at radius 2 is 1.40 bits per heavy atom. The van der Waals surface area contributed by atoms with Gasteiger partial charge in [0.05, 0.1) is 5.69 Å². The molecule has 83 valence electrons. The maximum absolute atomic E-state index is 8.05. The zero-order valence-electron chi connectivity index (χ0n) is 10.7. The van der Waals surface area contributed by atoms with Crippen LogP contribution in [0.3, 0.4) is 0 Å². The van der Waals surface area contributed by atoms with Crippen LogP contribution >= 0.6 is 0 Å². The van der Waals surface area contributed by atoms with Gasteiger partial charge in [-0.25, -0.2) is 0 Å².